The number of pyridine rings is 1. The number of aromatic nitrogens is 1. The van der Waals surface area contributed by atoms with Crippen LogP contribution in [0.1, 0.15) is 16.1 Å². The third-order valence-corrected chi connectivity index (χ3v) is 2.47. The normalized spacial score (nSPS) is 10.2. The predicted octanol–water partition coefficient (Wildman–Crippen LogP) is 0.0263. The minimum absolute atomic E-state index is 0.197. The quantitative estimate of drug-likeness (QED) is 0.721. The minimum atomic E-state index is -1.02. The fourth-order valence-electron chi connectivity index (χ4n) is 1.60. The van der Waals surface area contributed by atoms with Crippen LogP contribution in [0, 0.1) is 6.92 Å². The van der Waals surface area contributed by atoms with Crippen molar-refractivity contribution in [2.45, 2.75) is 6.92 Å². The highest BCUT2D eigenvalue weighted by Crippen LogP contribution is 2.18. The third-order valence-electron chi connectivity index (χ3n) is 2.47. The predicted molar refractivity (Wildman–Crippen MR) is 69.2 cm³/mol. The number of ether oxygens (including phenoxy) is 1. The van der Waals surface area contributed by atoms with Crippen LogP contribution < -0.4 is 10.6 Å². The van der Waals surface area contributed by atoms with E-state index in [0.717, 1.165) is 0 Å². The summed E-state index contributed by atoms with van der Waals surface area (Å²) in [6, 6.07) is 3.19. The van der Waals surface area contributed by atoms with Crippen LogP contribution in [-0.4, -0.2) is 48.8 Å². The highest BCUT2D eigenvalue weighted by atomic mass is 16.5. The standard InChI is InChI=1S/C12H17N3O4/c1-8-3-4-9(11(13)18)12(14-8)15(5-6-19-2)7-10(16)17/h3-4H,5-7H2,1-2H3,(H2,13,18)(H,16,17). The van der Waals surface area contributed by atoms with Gasteiger partial charge in [-0.25, -0.2) is 4.98 Å². The summed E-state index contributed by atoms with van der Waals surface area (Å²) in [7, 11) is 1.51. The number of carboxylic acids is 1. The number of hydrogen-bond acceptors (Lipinski definition) is 5. The van der Waals surface area contributed by atoms with Crippen LogP contribution in [0.3, 0.4) is 0 Å². The van der Waals surface area contributed by atoms with Gasteiger partial charge in [0, 0.05) is 19.3 Å². The van der Waals surface area contributed by atoms with Crippen LogP contribution in [0.5, 0.6) is 0 Å². The molecule has 1 rings (SSSR count). The molecule has 1 heterocycles. The van der Waals surface area contributed by atoms with Crippen molar-refractivity contribution in [2.75, 3.05) is 31.7 Å². The second kappa shape index (κ2) is 6.69. The summed E-state index contributed by atoms with van der Waals surface area (Å²) in [6.45, 7) is 2.10. The first-order chi connectivity index (χ1) is 8.95. The first-order valence-corrected chi connectivity index (χ1v) is 5.68. The lowest BCUT2D eigenvalue weighted by Crippen LogP contribution is -2.35. The largest absolute Gasteiger partial charge is 0.480 e. The lowest BCUT2D eigenvalue weighted by Gasteiger charge is -2.23. The highest BCUT2D eigenvalue weighted by molar-refractivity contribution is 5.98. The summed E-state index contributed by atoms with van der Waals surface area (Å²) in [5, 5.41) is 8.92. The number of nitrogens with zero attached hydrogens (tertiary/aromatic N) is 2. The zero-order chi connectivity index (χ0) is 14.4. The molecule has 0 fully saturated rings. The number of amides is 1. The molecule has 1 amide bonds. The number of carbonyl (C=O) groups excluding carboxylic acids is 1. The van der Waals surface area contributed by atoms with E-state index < -0.39 is 11.9 Å². The summed E-state index contributed by atoms with van der Waals surface area (Å²) in [5.41, 5.74) is 6.15. The molecule has 3 N–H and O–H groups in total. The topological polar surface area (TPSA) is 106 Å². The summed E-state index contributed by atoms with van der Waals surface area (Å²) < 4.78 is 4.93. The van der Waals surface area contributed by atoms with E-state index in [0.29, 0.717) is 18.8 Å². The Kier molecular flexibility index (Phi) is 5.25. The Labute approximate surface area is 111 Å². The van der Waals surface area contributed by atoms with Crippen molar-refractivity contribution in [1.29, 1.82) is 0 Å². The Morgan fingerprint density at radius 2 is 2.16 bits per heavy atom. The number of anilines is 1. The average molecular weight is 267 g/mol. The van der Waals surface area contributed by atoms with Crippen molar-refractivity contribution < 1.29 is 19.4 Å². The van der Waals surface area contributed by atoms with Gasteiger partial charge in [-0.3, -0.25) is 9.59 Å². The van der Waals surface area contributed by atoms with Gasteiger partial charge in [-0.15, -0.1) is 0 Å². The first-order valence-electron chi connectivity index (χ1n) is 5.68. The molecule has 0 spiro atoms. The number of carbonyl (C=O) groups is 2. The fourth-order valence-corrected chi connectivity index (χ4v) is 1.60. The first kappa shape index (κ1) is 14.9. The second-order valence-corrected chi connectivity index (χ2v) is 4.00. The van der Waals surface area contributed by atoms with Gasteiger partial charge in [0.2, 0.25) is 0 Å². The van der Waals surface area contributed by atoms with Gasteiger partial charge in [0.05, 0.1) is 12.2 Å². The molecule has 0 radical (unpaired) electrons. The Hall–Kier alpha value is -2.15. The molecule has 0 unspecified atom stereocenters. The number of hydrogen-bond donors (Lipinski definition) is 2. The maximum absolute atomic E-state index is 11.4. The monoisotopic (exact) mass is 267 g/mol. The summed E-state index contributed by atoms with van der Waals surface area (Å²) in [4.78, 5) is 27.9. The summed E-state index contributed by atoms with van der Waals surface area (Å²) >= 11 is 0. The molecule has 0 saturated carbocycles. The van der Waals surface area contributed by atoms with Crippen LogP contribution in [0.2, 0.25) is 0 Å². The van der Waals surface area contributed by atoms with Crippen molar-refractivity contribution in [3.8, 4) is 0 Å². The van der Waals surface area contributed by atoms with Gasteiger partial charge in [-0.1, -0.05) is 0 Å². The number of aliphatic carboxylic acids is 1. The van der Waals surface area contributed by atoms with Crippen LogP contribution in [0.15, 0.2) is 12.1 Å². The minimum Gasteiger partial charge on any atom is -0.480 e. The van der Waals surface area contributed by atoms with Crippen molar-refractivity contribution >= 4 is 17.7 Å². The molecule has 7 nitrogen and oxygen atoms in total. The van der Waals surface area contributed by atoms with E-state index in [1.54, 1.807) is 19.1 Å². The van der Waals surface area contributed by atoms with Crippen molar-refractivity contribution in [3.05, 3.63) is 23.4 Å². The molecule has 0 aliphatic rings. The molecule has 1 aromatic rings. The number of carboxylic acid groups (broad SMARTS) is 1. The van der Waals surface area contributed by atoms with Crippen molar-refractivity contribution in [1.82, 2.24) is 4.98 Å². The summed E-state index contributed by atoms with van der Waals surface area (Å²) in [5.74, 6) is -1.39. The lowest BCUT2D eigenvalue weighted by atomic mass is 10.2. The van der Waals surface area contributed by atoms with Crippen LogP contribution in [0.4, 0.5) is 5.82 Å². The molecule has 0 bridgehead atoms. The van der Waals surface area contributed by atoms with Gasteiger partial charge in [0.1, 0.15) is 12.4 Å². The van der Waals surface area contributed by atoms with Gasteiger partial charge in [0.25, 0.3) is 5.91 Å². The molecule has 104 valence electrons. The Balaban J connectivity index is 3.14. The van der Waals surface area contributed by atoms with Gasteiger partial charge >= 0.3 is 5.97 Å². The number of methoxy groups -OCH3 is 1. The van der Waals surface area contributed by atoms with E-state index in [1.165, 1.54) is 12.0 Å². The van der Waals surface area contributed by atoms with Crippen molar-refractivity contribution in [3.63, 3.8) is 0 Å². The van der Waals surface area contributed by atoms with E-state index >= 15 is 0 Å². The Morgan fingerprint density at radius 1 is 1.47 bits per heavy atom. The molecule has 1 aromatic heterocycles. The SMILES string of the molecule is COCCN(CC(=O)O)c1nc(C)ccc1C(N)=O. The van der Waals surface area contributed by atoms with Gasteiger partial charge in [-0.05, 0) is 19.1 Å². The number of aryl methyl sites for hydroxylation is 1. The molecule has 0 saturated heterocycles. The maximum Gasteiger partial charge on any atom is 0.323 e. The van der Waals surface area contributed by atoms with Gasteiger partial charge < -0.3 is 20.5 Å². The van der Waals surface area contributed by atoms with Crippen LogP contribution in [0.25, 0.3) is 0 Å². The number of primary amides is 1. The number of nitrogens with two attached hydrogens (primary N) is 1. The number of rotatable bonds is 7. The molecule has 7 heteroatoms. The van der Waals surface area contributed by atoms with Gasteiger partial charge in [0.15, 0.2) is 0 Å². The van der Waals surface area contributed by atoms with E-state index in [4.69, 9.17) is 15.6 Å². The third kappa shape index (κ3) is 4.22. The molecule has 0 aliphatic heterocycles. The molecule has 0 aliphatic carbocycles. The van der Waals surface area contributed by atoms with E-state index in [9.17, 15) is 9.59 Å². The van der Waals surface area contributed by atoms with E-state index in [1.807, 2.05) is 0 Å². The van der Waals surface area contributed by atoms with Crippen LogP contribution in [-0.2, 0) is 9.53 Å². The Bertz CT molecular complexity index is 476. The molecular formula is C12H17N3O4. The van der Waals surface area contributed by atoms with E-state index in [2.05, 4.69) is 4.98 Å². The average Bonchev–Trinajstić information content (AvgIpc) is 2.33. The molecule has 19 heavy (non-hydrogen) atoms. The zero-order valence-electron chi connectivity index (χ0n) is 10.9. The zero-order valence-corrected chi connectivity index (χ0v) is 10.9. The van der Waals surface area contributed by atoms with Crippen LogP contribution >= 0.6 is 0 Å². The molecule has 0 aromatic carbocycles. The Morgan fingerprint density at radius 3 is 2.68 bits per heavy atom. The molecular weight excluding hydrogens is 250 g/mol. The smallest absolute Gasteiger partial charge is 0.323 e. The molecule has 0 atom stereocenters. The van der Waals surface area contributed by atoms with E-state index in [-0.39, 0.29) is 17.9 Å². The maximum atomic E-state index is 11.4. The van der Waals surface area contributed by atoms with Gasteiger partial charge in [-0.2, -0.15) is 0 Å². The summed E-state index contributed by atoms with van der Waals surface area (Å²) in [6.07, 6.45) is 0. The fraction of sp³-hybridized carbons (Fsp3) is 0.417. The lowest BCUT2D eigenvalue weighted by molar-refractivity contribution is -0.135. The second-order valence-electron chi connectivity index (χ2n) is 4.00. The highest BCUT2D eigenvalue weighted by Gasteiger charge is 2.18. The van der Waals surface area contributed by atoms with Crippen molar-refractivity contribution in [2.24, 2.45) is 5.73 Å².